The SMILES string of the molecule is CC(C)CNCc1cc(=O)[nH]c(Cc2ccccn2)n1. The second kappa shape index (κ2) is 6.96. The fourth-order valence-electron chi connectivity index (χ4n) is 1.90. The molecule has 106 valence electrons. The standard InChI is InChI=1S/C15H20N4O/c1-11(2)9-16-10-13-8-15(20)19-14(18-13)7-12-5-3-4-6-17-12/h3-6,8,11,16H,7,9-10H2,1-2H3,(H,18,19,20). The monoisotopic (exact) mass is 272 g/mol. The maximum atomic E-state index is 11.7. The Morgan fingerprint density at radius 3 is 2.85 bits per heavy atom. The summed E-state index contributed by atoms with van der Waals surface area (Å²) in [6.07, 6.45) is 2.27. The Morgan fingerprint density at radius 2 is 2.15 bits per heavy atom. The number of aromatic amines is 1. The lowest BCUT2D eigenvalue weighted by atomic mass is 10.2. The van der Waals surface area contributed by atoms with E-state index in [1.54, 1.807) is 6.20 Å². The molecular weight excluding hydrogens is 252 g/mol. The quantitative estimate of drug-likeness (QED) is 0.836. The van der Waals surface area contributed by atoms with Crippen LogP contribution in [0, 0.1) is 5.92 Å². The van der Waals surface area contributed by atoms with Gasteiger partial charge in [-0.25, -0.2) is 4.98 Å². The summed E-state index contributed by atoms with van der Waals surface area (Å²) >= 11 is 0. The highest BCUT2D eigenvalue weighted by molar-refractivity contribution is 5.11. The molecule has 0 aromatic carbocycles. The number of rotatable bonds is 6. The first-order chi connectivity index (χ1) is 9.63. The average Bonchev–Trinajstić information content (AvgIpc) is 2.38. The van der Waals surface area contributed by atoms with Crippen LogP contribution in [-0.2, 0) is 13.0 Å². The van der Waals surface area contributed by atoms with E-state index in [2.05, 4.69) is 34.1 Å². The van der Waals surface area contributed by atoms with Gasteiger partial charge in [0, 0.05) is 30.9 Å². The van der Waals surface area contributed by atoms with Gasteiger partial charge in [0.1, 0.15) is 5.82 Å². The van der Waals surface area contributed by atoms with Gasteiger partial charge in [-0.3, -0.25) is 9.78 Å². The summed E-state index contributed by atoms with van der Waals surface area (Å²) in [6, 6.07) is 7.25. The van der Waals surface area contributed by atoms with Crippen LogP contribution in [0.2, 0.25) is 0 Å². The van der Waals surface area contributed by atoms with Gasteiger partial charge in [0.15, 0.2) is 0 Å². The van der Waals surface area contributed by atoms with E-state index in [-0.39, 0.29) is 5.56 Å². The minimum absolute atomic E-state index is 0.118. The molecule has 0 radical (unpaired) electrons. The van der Waals surface area contributed by atoms with Crippen LogP contribution in [0.3, 0.4) is 0 Å². The van der Waals surface area contributed by atoms with Crippen molar-refractivity contribution in [2.24, 2.45) is 5.92 Å². The lowest BCUT2D eigenvalue weighted by Gasteiger charge is -2.08. The van der Waals surface area contributed by atoms with Crippen molar-refractivity contribution in [1.29, 1.82) is 0 Å². The van der Waals surface area contributed by atoms with E-state index in [1.807, 2.05) is 18.2 Å². The molecule has 0 bridgehead atoms. The van der Waals surface area contributed by atoms with Gasteiger partial charge in [-0.05, 0) is 24.6 Å². The van der Waals surface area contributed by atoms with Gasteiger partial charge < -0.3 is 10.3 Å². The smallest absolute Gasteiger partial charge is 0.251 e. The Kier molecular flexibility index (Phi) is 5.01. The molecule has 0 aliphatic heterocycles. The van der Waals surface area contributed by atoms with E-state index in [0.29, 0.717) is 24.7 Å². The predicted molar refractivity (Wildman–Crippen MR) is 78.4 cm³/mol. The molecular formula is C15H20N4O. The average molecular weight is 272 g/mol. The van der Waals surface area contributed by atoms with Crippen molar-refractivity contribution in [3.8, 4) is 0 Å². The van der Waals surface area contributed by atoms with Crippen molar-refractivity contribution in [2.75, 3.05) is 6.54 Å². The molecule has 0 aliphatic carbocycles. The lowest BCUT2D eigenvalue weighted by molar-refractivity contribution is 0.546. The van der Waals surface area contributed by atoms with Crippen LogP contribution in [0.5, 0.6) is 0 Å². The highest BCUT2D eigenvalue weighted by Crippen LogP contribution is 2.01. The summed E-state index contributed by atoms with van der Waals surface area (Å²) in [7, 11) is 0. The Morgan fingerprint density at radius 1 is 1.30 bits per heavy atom. The summed E-state index contributed by atoms with van der Waals surface area (Å²) in [4.78, 5) is 23.1. The highest BCUT2D eigenvalue weighted by atomic mass is 16.1. The van der Waals surface area contributed by atoms with Crippen LogP contribution in [0.15, 0.2) is 35.3 Å². The molecule has 0 unspecified atom stereocenters. The second-order valence-electron chi connectivity index (χ2n) is 5.21. The van der Waals surface area contributed by atoms with Crippen molar-refractivity contribution < 1.29 is 0 Å². The van der Waals surface area contributed by atoms with Crippen LogP contribution in [0.4, 0.5) is 0 Å². The fourth-order valence-corrected chi connectivity index (χ4v) is 1.90. The molecule has 2 aromatic heterocycles. The maximum absolute atomic E-state index is 11.7. The number of nitrogens with zero attached hydrogens (tertiary/aromatic N) is 2. The minimum atomic E-state index is -0.118. The molecule has 2 rings (SSSR count). The number of hydrogen-bond acceptors (Lipinski definition) is 4. The summed E-state index contributed by atoms with van der Waals surface area (Å²) < 4.78 is 0. The molecule has 2 aromatic rings. The summed E-state index contributed by atoms with van der Waals surface area (Å²) in [6.45, 7) is 5.80. The zero-order chi connectivity index (χ0) is 14.4. The molecule has 2 N–H and O–H groups in total. The van der Waals surface area contributed by atoms with E-state index in [1.165, 1.54) is 6.07 Å². The second-order valence-corrected chi connectivity index (χ2v) is 5.21. The molecule has 0 saturated carbocycles. The predicted octanol–water partition coefficient (Wildman–Crippen LogP) is 1.50. The number of nitrogens with one attached hydrogen (secondary N) is 2. The molecule has 0 fully saturated rings. The van der Waals surface area contributed by atoms with E-state index < -0.39 is 0 Å². The van der Waals surface area contributed by atoms with Gasteiger partial charge in [0.25, 0.3) is 5.56 Å². The molecule has 2 heterocycles. The number of hydrogen-bond donors (Lipinski definition) is 2. The third-order valence-corrected chi connectivity index (χ3v) is 2.78. The third kappa shape index (κ3) is 4.59. The molecule has 0 atom stereocenters. The molecule has 0 amide bonds. The van der Waals surface area contributed by atoms with E-state index >= 15 is 0 Å². The largest absolute Gasteiger partial charge is 0.311 e. The maximum Gasteiger partial charge on any atom is 0.251 e. The first-order valence-corrected chi connectivity index (χ1v) is 6.83. The number of pyridine rings is 1. The van der Waals surface area contributed by atoms with Gasteiger partial charge in [-0.1, -0.05) is 19.9 Å². The molecule has 0 saturated heterocycles. The van der Waals surface area contributed by atoms with Crippen LogP contribution in [0.1, 0.15) is 31.1 Å². The minimum Gasteiger partial charge on any atom is -0.311 e. The first kappa shape index (κ1) is 14.4. The van der Waals surface area contributed by atoms with Crippen LogP contribution >= 0.6 is 0 Å². The van der Waals surface area contributed by atoms with Crippen molar-refractivity contribution >= 4 is 0 Å². The lowest BCUT2D eigenvalue weighted by Crippen LogP contribution is -2.22. The summed E-state index contributed by atoms with van der Waals surface area (Å²) in [5, 5.41) is 3.29. The Hall–Kier alpha value is -2.01. The Labute approximate surface area is 118 Å². The van der Waals surface area contributed by atoms with Crippen molar-refractivity contribution in [2.45, 2.75) is 26.8 Å². The zero-order valence-corrected chi connectivity index (χ0v) is 11.9. The van der Waals surface area contributed by atoms with Crippen molar-refractivity contribution in [1.82, 2.24) is 20.3 Å². The normalized spacial score (nSPS) is 10.9. The Balaban J connectivity index is 2.06. The number of H-pyrrole nitrogens is 1. The zero-order valence-electron chi connectivity index (χ0n) is 11.9. The van der Waals surface area contributed by atoms with Crippen LogP contribution in [0.25, 0.3) is 0 Å². The van der Waals surface area contributed by atoms with E-state index in [9.17, 15) is 4.79 Å². The van der Waals surface area contributed by atoms with Gasteiger partial charge in [-0.15, -0.1) is 0 Å². The van der Waals surface area contributed by atoms with Crippen molar-refractivity contribution in [3.05, 3.63) is 58.0 Å². The fraction of sp³-hybridized carbons (Fsp3) is 0.400. The number of aromatic nitrogens is 3. The third-order valence-electron chi connectivity index (χ3n) is 2.78. The van der Waals surface area contributed by atoms with Gasteiger partial charge in [0.05, 0.1) is 5.69 Å². The summed E-state index contributed by atoms with van der Waals surface area (Å²) in [5.74, 6) is 1.22. The van der Waals surface area contributed by atoms with E-state index in [4.69, 9.17) is 0 Å². The Bertz CT molecular complexity index is 592. The highest BCUT2D eigenvalue weighted by Gasteiger charge is 2.04. The van der Waals surface area contributed by atoms with Crippen LogP contribution < -0.4 is 10.9 Å². The van der Waals surface area contributed by atoms with Crippen LogP contribution in [-0.4, -0.2) is 21.5 Å². The molecule has 5 heteroatoms. The molecule has 0 spiro atoms. The topological polar surface area (TPSA) is 70.7 Å². The van der Waals surface area contributed by atoms with Crippen molar-refractivity contribution in [3.63, 3.8) is 0 Å². The van der Waals surface area contributed by atoms with Gasteiger partial charge >= 0.3 is 0 Å². The summed E-state index contributed by atoms with van der Waals surface area (Å²) in [5.41, 5.74) is 1.54. The van der Waals surface area contributed by atoms with E-state index in [0.717, 1.165) is 17.9 Å². The molecule has 5 nitrogen and oxygen atoms in total. The van der Waals surface area contributed by atoms with Gasteiger partial charge in [-0.2, -0.15) is 0 Å². The first-order valence-electron chi connectivity index (χ1n) is 6.83. The molecule has 0 aliphatic rings. The van der Waals surface area contributed by atoms with Gasteiger partial charge in [0.2, 0.25) is 0 Å². The molecule has 20 heavy (non-hydrogen) atoms.